The monoisotopic (exact) mass is 285 g/mol. The Labute approximate surface area is 119 Å². The number of aromatic nitrogens is 1. The first-order valence-electron chi connectivity index (χ1n) is 6.38. The summed E-state index contributed by atoms with van der Waals surface area (Å²) in [6, 6.07) is 9.00. The molecule has 0 bridgehead atoms. The van der Waals surface area contributed by atoms with Gasteiger partial charge in [0, 0.05) is 12.6 Å². The number of benzene rings is 2. The zero-order valence-electron chi connectivity index (χ0n) is 11.5. The predicted molar refractivity (Wildman–Crippen MR) is 76.0 cm³/mol. The van der Waals surface area contributed by atoms with Gasteiger partial charge in [-0.25, -0.2) is 9.18 Å². The number of hydrogen-bond acceptors (Lipinski definition) is 3. The quantitative estimate of drug-likeness (QED) is 0.680. The Hall–Kier alpha value is -2.69. The van der Waals surface area contributed by atoms with Gasteiger partial charge in [0.25, 0.3) is 0 Å². The summed E-state index contributed by atoms with van der Waals surface area (Å²) >= 11 is 0. The number of aryl methyl sites for hydroxylation is 2. The number of fused-ring (bicyclic) bond motifs is 1. The topological polar surface area (TPSA) is 52.2 Å². The first kappa shape index (κ1) is 13.3. The van der Waals surface area contributed by atoms with Crippen LogP contribution in [0.5, 0.6) is 0 Å². The number of ketones is 1. The van der Waals surface area contributed by atoms with E-state index in [2.05, 4.69) is 0 Å². The lowest BCUT2D eigenvalue weighted by Gasteiger charge is -2.04. The van der Waals surface area contributed by atoms with Crippen molar-refractivity contribution in [2.75, 3.05) is 0 Å². The number of halogens is 1. The highest BCUT2D eigenvalue weighted by molar-refractivity contribution is 6.10. The molecule has 2 aromatic carbocycles. The maximum atomic E-state index is 13.8. The first-order valence-corrected chi connectivity index (χ1v) is 6.38. The molecule has 3 aromatic rings. The average molecular weight is 285 g/mol. The molecule has 0 saturated heterocycles. The van der Waals surface area contributed by atoms with Crippen molar-refractivity contribution < 1.29 is 13.6 Å². The average Bonchev–Trinajstić information content (AvgIpc) is 2.75. The smallest absolute Gasteiger partial charge is 0.408 e. The lowest BCUT2D eigenvalue weighted by molar-refractivity contribution is 0.103. The molecule has 0 aliphatic carbocycles. The van der Waals surface area contributed by atoms with Crippen LogP contribution < -0.4 is 5.76 Å². The molecule has 0 aliphatic heterocycles. The van der Waals surface area contributed by atoms with Gasteiger partial charge in [-0.1, -0.05) is 11.6 Å². The van der Waals surface area contributed by atoms with E-state index in [4.69, 9.17) is 4.42 Å². The van der Waals surface area contributed by atoms with Gasteiger partial charge in [-0.3, -0.25) is 9.36 Å². The number of carbonyl (C=O) groups is 1. The fourth-order valence-electron chi connectivity index (χ4n) is 2.24. The molecule has 0 unspecified atom stereocenters. The molecule has 0 N–H and O–H groups in total. The summed E-state index contributed by atoms with van der Waals surface area (Å²) in [7, 11) is 1.58. The Morgan fingerprint density at radius 2 is 1.95 bits per heavy atom. The minimum atomic E-state index is -0.569. The molecule has 106 valence electrons. The van der Waals surface area contributed by atoms with Gasteiger partial charge in [0.2, 0.25) is 0 Å². The molecule has 5 heteroatoms. The van der Waals surface area contributed by atoms with Crippen LogP contribution in [0.2, 0.25) is 0 Å². The Balaban J connectivity index is 2.13. The zero-order chi connectivity index (χ0) is 15.1. The lowest BCUT2D eigenvalue weighted by atomic mass is 10.0. The zero-order valence-corrected chi connectivity index (χ0v) is 11.5. The summed E-state index contributed by atoms with van der Waals surface area (Å²) in [5.74, 6) is -1.51. The number of rotatable bonds is 2. The van der Waals surface area contributed by atoms with Gasteiger partial charge in [-0.15, -0.1) is 0 Å². The van der Waals surface area contributed by atoms with Crippen molar-refractivity contribution in [1.29, 1.82) is 0 Å². The van der Waals surface area contributed by atoms with Crippen molar-refractivity contribution >= 4 is 16.9 Å². The highest BCUT2D eigenvalue weighted by atomic mass is 19.1. The van der Waals surface area contributed by atoms with Crippen molar-refractivity contribution in [3.8, 4) is 0 Å². The molecular formula is C16H12FNO3. The van der Waals surface area contributed by atoms with E-state index in [0.717, 1.165) is 5.56 Å². The summed E-state index contributed by atoms with van der Waals surface area (Å²) in [4.78, 5) is 23.8. The van der Waals surface area contributed by atoms with E-state index in [-0.39, 0.29) is 11.1 Å². The minimum absolute atomic E-state index is 0.00706. The van der Waals surface area contributed by atoms with Crippen LogP contribution in [-0.2, 0) is 7.05 Å². The van der Waals surface area contributed by atoms with Crippen LogP contribution in [0.15, 0.2) is 45.6 Å². The molecule has 0 spiro atoms. The maximum absolute atomic E-state index is 13.8. The summed E-state index contributed by atoms with van der Waals surface area (Å²) in [6.45, 7) is 1.79. The summed E-state index contributed by atoms with van der Waals surface area (Å²) in [5.41, 5.74) is 1.98. The van der Waals surface area contributed by atoms with Crippen LogP contribution in [0.1, 0.15) is 21.5 Å². The lowest BCUT2D eigenvalue weighted by Crippen LogP contribution is -2.08. The maximum Gasteiger partial charge on any atom is 0.419 e. The minimum Gasteiger partial charge on any atom is -0.408 e. The second-order valence-electron chi connectivity index (χ2n) is 4.92. The van der Waals surface area contributed by atoms with E-state index in [9.17, 15) is 14.0 Å². The SMILES string of the molecule is Cc1ccc(F)c(C(=O)c2ccc3c(c2)oc(=O)n3C)c1. The molecule has 3 rings (SSSR count). The summed E-state index contributed by atoms with van der Waals surface area (Å²) in [6.07, 6.45) is 0. The molecule has 0 aliphatic rings. The number of nitrogens with zero attached hydrogens (tertiary/aromatic N) is 1. The highest BCUT2D eigenvalue weighted by Crippen LogP contribution is 2.19. The van der Waals surface area contributed by atoms with Crippen LogP contribution >= 0.6 is 0 Å². The number of hydrogen-bond donors (Lipinski definition) is 0. The van der Waals surface area contributed by atoms with Crippen LogP contribution in [0.25, 0.3) is 11.1 Å². The first-order chi connectivity index (χ1) is 9.97. The standard InChI is InChI=1S/C16H12FNO3/c1-9-3-5-12(17)11(7-9)15(19)10-4-6-13-14(8-10)21-16(20)18(13)2/h3-8H,1-2H3. The van der Waals surface area contributed by atoms with E-state index in [1.165, 1.54) is 22.8 Å². The van der Waals surface area contributed by atoms with Gasteiger partial charge in [0.15, 0.2) is 11.4 Å². The van der Waals surface area contributed by atoms with Crippen molar-refractivity contribution in [3.05, 3.63) is 69.5 Å². The van der Waals surface area contributed by atoms with E-state index in [0.29, 0.717) is 11.1 Å². The normalized spacial score (nSPS) is 11.0. The van der Waals surface area contributed by atoms with E-state index >= 15 is 0 Å². The van der Waals surface area contributed by atoms with Crippen LogP contribution in [0.4, 0.5) is 4.39 Å². The molecule has 0 saturated carbocycles. The summed E-state index contributed by atoms with van der Waals surface area (Å²) in [5, 5.41) is 0. The van der Waals surface area contributed by atoms with Gasteiger partial charge in [-0.05, 0) is 37.3 Å². The molecular weight excluding hydrogens is 273 g/mol. The molecule has 4 nitrogen and oxygen atoms in total. The van der Waals surface area contributed by atoms with Gasteiger partial charge < -0.3 is 4.42 Å². The second kappa shape index (κ2) is 4.70. The van der Waals surface area contributed by atoms with Gasteiger partial charge >= 0.3 is 5.76 Å². The number of carbonyl (C=O) groups excluding carboxylic acids is 1. The van der Waals surface area contributed by atoms with Gasteiger partial charge in [0.05, 0.1) is 11.1 Å². The highest BCUT2D eigenvalue weighted by Gasteiger charge is 2.16. The second-order valence-corrected chi connectivity index (χ2v) is 4.92. The largest absolute Gasteiger partial charge is 0.419 e. The molecule has 0 atom stereocenters. The third-order valence-corrected chi connectivity index (χ3v) is 3.42. The van der Waals surface area contributed by atoms with Crippen molar-refractivity contribution in [1.82, 2.24) is 4.57 Å². The Bertz CT molecular complexity index is 921. The number of oxazole rings is 1. The van der Waals surface area contributed by atoms with E-state index in [1.54, 1.807) is 32.2 Å². The third-order valence-electron chi connectivity index (χ3n) is 3.42. The molecule has 0 amide bonds. The van der Waals surface area contributed by atoms with Crippen LogP contribution in [0, 0.1) is 12.7 Å². The molecule has 21 heavy (non-hydrogen) atoms. The molecule has 1 aromatic heterocycles. The fraction of sp³-hybridized carbons (Fsp3) is 0.125. The predicted octanol–water partition coefficient (Wildman–Crippen LogP) is 2.81. The third kappa shape index (κ3) is 2.16. The molecule has 0 fully saturated rings. The van der Waals surface area contributed by atoms with Gasteiger partial charge in [-0.2, -0.15) is 0 Å². The van der Waals surface area contributed by atoms with Crippen LogP contribution in [-0.4, -0.2) is 10.4 Å². The molecule has 0 radical (unpaired) electrons. The fourth-order valence-corrected chi connectivity index (χ4v) is 2.24. The van der Waals surface area contributed by atoms with Crippen molar-refractivity contribution in [3.63, 3.8) is 0 Å². The Morgan fingerprint density at radius 1 is 1.19 bits per heavy atom. The van der Waals surface area contributed by atoms with E-state index in [1.807, 2.05) is 0 Å². The van der Waals surface area contributed by atoms with Crippen LogP contribution in [0.3, 0.4) is 0 Å². The Kier molecular flexibility index (Phi) is 2.97. The molecule has 1 heterocycles. The van der Waals surface area contributed by atoms with Gasteiger partial charge in [0.1, 0.15) is 5.82 Å². The van der Waals surface area contributed by atoms with Crippen molar-refractivity contribution in [2.24, 2.45) is 7.05 Å². The Morgan fingerprint density at radius 3 is 2.71 bits per heavy atom. The van der Waals surface area contributed by atoms with E-state index < -0.39 is 17.4 Å². The van der Waals surface area contributed by atoms with Crippen molar-refractivity contribution in [2.45, 2.75) is 6.92 Å². The summed E-state index contributed by atoms with van der Waals surface area (Å²) < 4.78 is 20.2.